The molecule has 0 radical (unpaired) electrons. The second-order valence-electron chi connectivity index (χ2n) is 7.66. The number of carbonyl (C=O) groups is 1. The van der Waals surface area contributed by atoms with Crippen molar-refractivity contribution < 1.29 is 22.7 Å². The minimum Gasteiger partial charge on any atom is -0.497 e. The van der Waals surface area contributed by atoms with E-state index in [2.05, 4.69) is 9.97 Å². The van der Waals surface area contributed by atoms with Crippen molar-refractivity contribution in [1.29, 1.82) is 0 Å². The number of carbonyl (C=O) groups excluding carboxylic acids is 1. The number of ether oxygens (including phenoxy) is 2. The first-order chi connectivity index (χ1) is 14.9. The van der Waals surface area contributed by atoms with E-state index in [9.17, 15) is 13.2 Å². The molecule has 1 aromatic carbocycles. The standard InChI is InChI=1S/C21H26N4O5S/c1-15-19(21(26)24-9-11-30-12-10-24)13-22-20(23-15)16-7-8-25(14-16)31(27,28)18-5-3-17(29-2)4-6-18/h3-6,13,16H,7-12,14H2,1-2H3/t16-/m1/s1. The number of hydrogen-bond acceptors (Lipinski definition) is 7. The van der Waals surface area contributed by atoms with Gasteiger partial charge in [-0.25, -0.2) is 18.4 Å². The molecule has 2 aliphatic heterocycles. The largest absolute Gasteiger partial charge is 0.497 e. The monoisotopic (exact) mass is 446 g/mol. The molecule has 2 saturated heterocycles. The third-order valence-electron chi connectivity index (χ3n) is 5.74. The van der Waals surface area contributed by atoms with Gasteiger partial charge in [0.2, 0.25) is 10.0 Å². The molecule has 4 rings (SSSR count). The fourth-order valence-electron chi connectivity index (χ4n) is 3.88. The Bertz CT molecular complexity index is 1050. The number of sulfonamides is 1. The quantitative estimate of drug-likeness (QED) is 0.685. The molecule has 2 aromatic rings. The lowest BCUT2D eigenvalue weighted by Crippen LogP contribution is -2.41. The van der Waals surface area contributed by atoms with Gasteiger partial charge in [-0.3, -0.25) is 4.79 Å². The summed E-state index contributed by atoms with van der Waals surface area (Å²) in [5, 5.41) is 0. The van der Waals surface area contributed by atoms with Crippen LogP contribution in [0.25, 0.3) is 0 Å². The molecule has 0 saturated carbocycles. The average Bonchev–Trinajstić information content (AvgIpc) is 3.30. The molecular formula is C21H26N4O5S. The summed E-state index contributed by atoms with van der Waals surface area (Å²) in [4.78, 5) is 23.7. The van der Waals surface area contributed by atoms with Crippen LogP contribution in [0.1, 0.15) is 34.2 Å². The van der Waals surface area contributed by atoms with E-state index in [-0.39, 0.29) is 16.7 Å². The van der Waals surface area contributed by atoms with Crippen LogP contribution in [0.5, 0.6) is 5.75 Å². The highest BCUT2D eigenvalue weighted by Crippen LogP contribution is 2.30. The summed E-state index contributed by atoms with van der Waals surface area (Å²) in [7, 11) is -2.06. The molecule has 0 N–H and O–H groups in total. The lowest BCUT2D eigenvalue weighted by atomic mass is 10.1. The van der Waals surface area contributed by atoms with Gasteiger partial charge in [-0.1, -0.05) is 0 Å². The molecule has 0 unspecified atom stereocenters. The molecule has 0 spiro atoms. The summed E-state index contributed by atoms with van der Waals surface area (Å²) < 4.78 is 37.8. The Hall–Kier alpha value is -2.56. The van der Waals surface area contributed by atoms with E-state index in [1.54, 1.807) is 42.3 Å². The molecule has 166 valence electrons. The van der Waals surface area contributed by atoms with Crippen molar-refractivity contribution in [2.75, 3.05) is 46.5 Å². The van der Waals surface area contributed by atoms with Crippen molar-refractivity contribution in [1.82, 2.24) is 19.2 Å². The van der Waals surface area contributed by atoms with Crippen LogP contribution in [0.2, 0.25) is 0 Å². The summed E-state index contributed by atoms with van der Waals surface area (Å²) in [5.74, 6) is 0.971. The van der Waals surface area contributed by atoms with E-state index in [1.165, 1.54) is 11.4 Å². The van der Waals surface area contributed by atoms with Crippen molar-refractivity contribution in [3.8, 4) is 5.75 Å². The third kappa shape index (κ3) is 4.41. The number of hydrogen-bond donors (Lipinski definition) is 0. The second kappa shape index (κ2) is 8.89. The van der Waals surface area contributed by atoms with E-state index in [0.29, 0.717) is 68.6 Å². The number of methoxy groups -OCH3 is 1. The Morgan fingerprint density at radius 2 is 1.87 bits per heavy atom. The zero-order valence-corrected chi connectivity index (χ0v) is 18.5. The van der Waals surface area contributed by atoms with Crippen molar-refractivity contribution in [3.05, 3.63) is 47.5 Å². The fourth-order valence-corrected chi connectivity index (χ4v) is 5.38. The summed E-state index contributed by atoms with van der Waals surface area (Å²) in [6.07, 6.45) is 2.20. The van der Waals surface area contributed by atoms with Gasteiger partial charge in [0, 0.05) is 38.3 Å². The maximum Gasteiger partial charge on any atom is 0.257 e. The van der Waals surface area contributed by atoms with Gasteiger partial charge in [-0.2, -0.15) is 4.31 Å². The first-order valence-corrected chi connectivity index (χ1v) is 11.7. The summed E-state index contributed by atoms with van der Waals surface area (Å²) in [5.41, 5.74) is 1.09. The first kappa shape index (κ1) is 21.7. The average molecular weight is 447 g/mol. The summed E-state index contributed by atoms with van der Waals surface area (Å²) >= 11 is 0. The van der Waals surface area contributed by atoms with E-state index in [1.807, 2.05) is 0 Å². The Balaban J connectivity index is 1.47. The van der Waals surface area contributed by atoms with Crippen LogP contribution in [-0.2, 0) is 14.8 Å². The maximum absolute atomic E-state index is 13.0. The summed E-state index contributed by atoms with van der Waals surface area (Å²) in [6.45, 7) is 4.68. The van der Waals surface area contributed by atoms with E-state index in [0.717, 1.165) is 0 Å². The molecule has 31 heavy (non-hydrogen) atoms. The first-order valence-electron chi connectivity index (χ1n) is 10.2. The van der Waals surface area contributed by atoms with Crippen LogP contribution in [0.4, 0.5) is 0 Å². The zero-order valence-electron chi connectivity index (χ0n) is 17.7. The van der Waals surface area contributed by atoms with Crippen LogP contribution >= 0.6 is 0 Å². The van der Waals surface area contributed by atoms with Crippen LogP contribution in [-0.4, -0.2) is 80.0 Å². The molecule has 0 bridgehead atoms. The molecule has 0 aliphatic carbocycles. The van der Waals surface area contributed by atoms with Crippen molar-refractivity contribution in [3.63, 3.8) is 0 Å². The van der Waals surface area contributed by atoms with Crippen LogP contribution in [0.3, 0.4) is 0 Å². The smallest absolute Gasteiger partial charge is 0.257 e. The van der Waals surface area contributed by atoms with Crippen LogP contribution < -0.4 is 4.74 Å². The van der Waals surface area contributed by atoms with Crippen LogP contribution in [0, 0.1) is 6.92 Å². The Morgan fingerprint density at radius 1 is 1.16 bits per heavy atom. The maximum atomic E-state index is 13.0. The molecule has 1 atom stereocenters. The van der Waals surface area contributed by atoms with Gasteiger partial charge < -0.3 is 14.4 Å². The van der Waals surface area contributed by atoms with Gasteiger partial charge in [0.05, 0.1) is 36.5 Å². The Kier molecular flexibility index (Phi) is 6.22. The highest BCUT2D eigenvalue weighted by molar-refractivity contribution is 7.89. The minimum absolute atomic E-state index is 0.0949. The predicted molar refractivity (Wildman–Crippen MR) is 113 cm³/mol. The molecule has 3 heterocycles. The lowest BCUT2D eigenvalue weighted by molar-refractivity contribution is 0.0301. The van der Waals surface area contributed by atoms with Gasteiger partial charge >= 0.3 is 0 Å². The minimum atomic E-state index is -3.60. The topological polar surface area (TPSA) is 102 Å². The Morgan fingerprint density at radius 3 is 2.52 bits per heavy atom. The number of rotatable bonds is 5. The lowest BCUT2D eigenvalue weighted by Gasteiger charge is -2.27. The Labute approximate surface area is 182 Å². The van der Waals surface area contributed by atoms with Crippen molar-refractivity contribution >= 4 is 15.9 Å². The van der Waals surface area contributed by atoms with Gasteiger partial charge in [-0.15, -0.1) is 0 Å². The third-order valence-corrected chi connectivity index (χ3v) is 7.62. The molecule has 10 heteroatoms. The molecule has 2 fully saturated rings. The zero-order chi connectivity index (χ0) is 22.0. The van der Waals surface area contributed by atoms with Crippen LogP contribution in [0.15, 0.2) is 35.4 Å². The number of benzene rings is 1. The summed E-state index contributed by atoms with van der Waals surface area (Å²) in [6, 6.07) is 6.37. The van der Waals surface area contributed by atoms with E-state index >= 15 is 0 Å². The van der Waals surface area contributed by atoms with E-state index in [4.69, 9.17) is 9.47 Å². The highest BCUT2D eigenvalue weighted by atomic mass is 32.2. The SMILES string of the molecule is COc1ccc(S(=O)(=O)N2CC[C@@H](c3ncc(C(=O)N4CCOCC4)c(C)n3)C2)cc1. The second-order valence-corrected chi connectivity index (χ2v) is 9.59. The van der Waals surface area contributed by atoms with Gasteiger partial charge in [0.15, 0.2) is 0 Å². The molecule has 9 nitrogen and oxygen atoms in total. The van der Waals surface area contributed by atoms with Gasteiger partial charge in [0.25, 0.3) is 5.91 Å². The number of aromatic nitrogens is 2. The fraction of sp³-hybridized carbons (Fsp3) is 0.476. The number of morpholine rings is 1. The highest BCUT2D eigenvalue weighted by Gasteiger charge is 2.35. The molecule has 1 amide bonds. The molecular weight excluding hydrogens is 420 g/mol. The predicted octanol–water partition coefficient (Wildman–Crippen LogP) is 1.44. The number of nitrogens with zero attached hydrogens (tertiary/aromatic N) is 4. The number of amides is 1. The molecule has 1 aromatic heterocycles. The normalized spacial score (nSPS) is 20.1. The number of aryl methyl sites for hydroxylation is 1. The van der Waals surface area contributed by atoms with E-state index < -0.39 is 10.0 Å². The van der Waals surface area contributed by atoms with Crippen molar-refractivity contribution in [2.24, 2.45) is 0 Å². The van der Waals surface area contributed by atoms with Gasteiger partial charge in [0.1, 0.15) is 11.6 Å². The van der Waals surface area contributed by atoms with Crippen molar-refractivity contribution in [2.45, 2.75) is 24.2 Å². The van der Waals surface area contributed by atoms with Gasteiger partial charge in [-0.05, 0) is 37.6 Å². The molecule has 2 aliphatic rings.